The number of nitrogens with zero attached hydrogens (tertiary/aromatic N) is 5. The maximum atomic E-state index is 14.3. The summed E-state index contributed by atoms with van der Waals surface area (Å²) in [5.74, 6) is -1.28. The number of urea groups is 1. The monoisotopic (exact) mass is 563 g/mol. The first-order chi connectivity index (χ1) is 19.8. The summed E-state index contributed by atoms with van der Waals surface area (Å²) in [6.45, 7) is 5.16. The van der Waals surface area contributed by atoms with Gasteiger partial charge in [0.05, 0.1) is 24.0 Å². The highest BCUT2D eigenvalue weighted by Crippen LogP contribution is 2.38. The fourth-order valence-electron chi connectivity index (χ4n) is 5.79. The predicted molar refractivity (Wildman–Crippen MR) is 153 cm³/mol. The minimum absolute atomic E-state index is 0.0946. The Kier molecular flexibility index (Phi) is 8.46. The van der Waals surface area contributed by atoms with Crippen molar-refractivity contribution in [3.05, 3.63) is 83.7 Å². The van der Waals surface area contributed by atoms with Gasteiger partial charge in [-0.05, 0) is 56.1 Å². The van der Waals surface area contributed by atoms with E-state index in [0.29, 0.717) is 36.6 Å². The number of halogens is 2. The number of nitrogens with one attached hydrogen (secondary N) is 2. The quantitative estimate of drug-likeness (QED) is 0.292. The van der Waals surface area contributed by atoms with Crippen LogP contribution in [0.15, 0.2) is 60.9 Å². The fraction of sp³-hybridized carbons (Fsp3) is 0.367. The van der Waals surface area contributed by atoms with Gasteiger partial charge in [0.15, 0.2) is 11.6 Å². The molecule has 2 aromatic carbocycles. The normalized spacial score (nSPS) is 19.0. The molecule has 1 aliphatic heterocycles. The maximum Gasteiger partial charge on any atom is 0.320 e. The molecule has 0 aliphatic carbocycles. The third-order valence-corrected chi connectivity index (χ3v) is 7.69. The molecular weight excluding hydrogens is 528 g/mol. The molecule has 3 heterocycles. The molecule has 1 aliphatic rings. The summed E-state index contributed by atoms with van der Waals surface area (Å²) in [5.41, 5.74) is 3.72. The first-order valence-corrected chi connectivity index (χ1v) is 13.7. The van der Waals surface area contributed by atoms with E-state index in [2.05, 4.69) is 20.6 Å². The number of aromatic nitrogens is 4. The summed E-state index contributed by atoms with van der Waals surface area (Å²) in [4.78, 5) is 15.8. The lowest BCUT2D eigenvalue weighted by atomic mass is 9.99. The molecule has 41 heavy (non-hydrogen) atoms. The van der Waals surface area contributed by atoms with Crippen LogP contribution in [0.1, 0.15) is 36.9 Å². The molecule has 3 atom stereocenters. The van der Waals surface area contributed by atoms with Crippen LogP contribution in [0.3, 0.4) is 0 Å². The molecule has 1 saturated heterocycles. The van der Waals surface area contributed by atoms with E-state index in [4.69, 9.17) is 9.84 Å². The van der Waals surface area contributed by atoms with Crippen molar-refractivity contribution in [3.8, 4) is 16.9 Å². The third-order valence-electron chi connectivity index (χ3n) is 7.69. The van der Waals surface area contributed by atoms with Crippen LogP contribution in [0.2, 0.25) is 0 Å². The number of ether oxygens (including phenoxy) is 1. The van der Waals surface area contributed by atoms with Crippen LogP contribution in [0, 0.1) is 18.6 Å². The zero-order valence-corrected chi connectivity index (χ0v) is 23.6. The lowest BCUT2D eigenvalue weighted by Gasteiger charge is -2.31. The van der Waals surface area contributed by atoms with Crippen LogP contribution < -0.4 is 10.6 Å². The summed E-state index contributed by atoms with van der Waals surface area (Å²) in [6, 6.07) is 12.5. The summed E-state index contributed by atoms with van der Waals surface area (Å²) in [5, 5.41) is 15.3. The largest absolute Gasteiger partial charge is 0.385 e. The summed E-state index contributed by atoms with van der Waals surface area (Å²) < 4.78 is 36.8. The first kappa shape index (κ1) is 28.4. The Bertz CT molecular complexity index is 1500. The van der Waals surface area contributed by atoms with E-state index < -0.39 is 17.7 Å². The lowest BCUT2D eigenvalue weighted by Crippen LogP contribution is -2.42. The Hall–Kier alpha value is -4.09. The second kappa shape index (κ2) is 12.2. The number of benzene rings is 2. The number of aryl methyl sites for hydroxylation is 1. The van der Waals surface area contributed by atoms with Crippen molar-refractivity contribution in [1.82, 2.24) is 29.8 Å². The number of hydrogen-bond acceptors (Lipinski definition) is 5. The van der Waals surface area contributed by atoms with Crippen LogP contribution in [-0.4, -0.2) is 62.8 Å². The van der Waals surface area contributed by atoms with Crippen molar-refractivity contribution in [2.24, 2.45) is 7.05 Å². The zero-order valence-electron chi connectivity index (χ0n) is 23.6. The van der Waals surface area contributed by atoms with E-state index in [1.165, 1.54) is 6.07 Å². The zero-order chi connectivity index (χ0) is 29.1. The number of amides is 2. The minimum Gasteiger partial charge on any atom is -0.385 e. The molecular formula is C30H35F2N7O2. The maximum absolute atomic E-state index is 14.3. The molecule has 1 unspecified atom stereocenters. The van der Waals surface area contributed by atoms with Gasteiger partial charge in [0, 0.05) is 44.1 Å². The second-order valence-electron chi connectivity index (χ2n) is 10.3. The first-order valence-electron chi connectivity index (χ1n) is 13.7. The molecule has 5 rings (SSSR count). The average Bonchev–Trinajstić information content (AvgIpc) is 3.64. The van der Waals surface area contributed by atoms with Crippen LogP contribution in [0.25, 0.3) is 16.9 Å². The van der Waals surface area contributed by atoms with Crippen molar-refractivity contribution in [2.45, 2.75) is 44.8 Å². The van der Waals surface area contributed by atoms with Crippen molar-refractivity contribution in [2.75, 3.05) is 25.6 Å². The van der Waals surface area contributed by atoms with E-state index in [1.807, 2.05) is 57.4 Å². The Balaban J connectivity index is 1.46. The van der Waals surface area contributed by atoms with Crippen LogP contribution >= 0.6 is 0 Å². The standard InChI is InChI=1S/C30H35F2N7O2/c1-5-38-23(13-14-41-4)16-26(28(38)20-11-12-24(31)25(32)15-20)34-30(40)35-29-19(2)27(21-17-33-37(3)18-21)36-39(29)22-9-7-6-8-10-22/h6-12,15,17-18,23,26,28H,5,13-14,16H2,1-4H3,(H2,34,35,40)/t23?,26-,28+/m1/s1. The van der Waals surface area contributed by atoms with Gasteiger partial charge in [-0.1, -0.05) is 31.2 Å². The minimum atomic E-state index is -0.910. The number of likely N-dealkylation sites (tertiary alicyclic amines) is 1. The molecule has 0 spiro atoms. The molecule has 1 fully saturated rings. The molecule has 0 bridgehead atoms. The van der Waals surface area contributed by atoms with Gasteiger partial charge in [-0.3, -0.25) is 14.9 Å². The number of carbonyl (C=O) groups excluding carboxylic acids is 1. The molecule has 2 aromatic heterocycles. The molecule has 2 N–H and O–H groups in total. The van der Waals surface area contributed by atoms with Crippen molar-refractivity contribution in [3.63, 3.8) is 0 Å². The highest BCUT2D eigenvalue weighted by molar-refractivity contribution is 5.91. The molecule has 0 radical (unpaired) electrons. The fourth-order valence-corrected chi connectivity index (χ4v) is 5.79. The van der Waals surface area contributed by atoms with Crippen molar-refractivity contribution < 1.29 is 18.3 Å². The van der Waals surface area contributed by atoms with Gasteiger partial charge in [0.1, 0.15) is 11.5 Å². The highest BCUT2D eigenvalue weighted by Gasteiger charge is 2.42. The number of para-hydroxylation sites is 1. The smallest absolute Gasteiger partial charge is 0.320 e. The number of methoxy groups -OCH3 is 1. The predicted octanol–water partition coefficient (Wildman–Crippen LogP) is 5.22. The third kappa shape index (κ3) is 5.86. The number of carbonyl (C=O) groups is 1. The van der Waals surface area contributed by atoms with Crippen LogP contribution in [-0.2, 0) is 11.8 Å². The molecule has 9 nitrogen and oxygen atoms in total. The van der Waals surface area contributed by atoms with E-state index >= 15 is 0 Å². The van der Waals surface area contributed by atoms with Gasteiger partial charge in [-0.25, -0.2) is 18.3 Å². The van der Waals surface area contributed by atoms with Gasteiger partial charge in [0.2, 0.25) is 0 Å². The van der Waals surface area contributed by atoms with Gasteiger partial charge < -0.3 is 10.1 Å². The SMILES string of the molecule is CCN1C(CCOC)C[C@@H](NC(=O)Nc2c(C)c(-c3cnn(C)c3)nn2-c2ccccc2)[C@@H]1c1ccc(F)c(F)c1. The molecule has 11 heteroatoms. The number of rotatable bonds is 9. The topological polar surface area (TPSA) is 89.2 Å². The van der Waals surface area contributed by atoms with Gasteiger partial charge in [0.25, 0.3) is 0 Å². The van der Waals surface area contributed by atoms with E-state index in [-0.39, 0.29) is 18.1 Å². The molecule has 4 aromatic rings. The van der Waals surface area contributed by atoms with Crippen molar-refractivity contribution >= 4 is 11.8 Å². The number of likely N-dealkylation sites (N-methyl/N-ethyl adjacent to an activating group) is 1. The summed E-state index contributed by atoms with van der Waals surface area (Å²) in [7, 11) is 3.49. The highest BCUT2D eigenvalue weighted by atomic mass is 19.2. The lowest BCUT2D eigenvalue weighted by molar-refractivity contribution is 0.136. The van der Waals surface area contributed by atoms with Gasteiger partial charge in [-0.2, -0.15) is 10.2 Å². The van der Waals surface area contributed by atoms with Crippen LogP contribution in [0.5, 0.6) is 0 Å². The summed E-state index contributed by atoms with van der Waals surface area (Å²) >= 11 is 0. The Labute approximate surface area is 238 Å². The average molecular weight is 564 g/mol. The molecule has 216 valence electrons. The number of hydrogen-bond donors (Lipinski definition) is 2. The summed E-state index contributed by atoms with van der Waals surface area (Å²) in [6.07, 6.45) is 4.99. The van der Waals surface area contributed by atoms with Crippen molar-refractivity contribution in [1.29, 1.82) is 0 Å². The van der Waals surface area contributed by atoms with E-state index in [1.54, 1.807) is 28.7 Å². The van der Waals surface area contributed by atoms with E-state index in [0.717, 1.165) is 29.3 Å². The van der Waals surface area contributed by atoms with Gasteiger partial charge >= 0.3 is 6.03 Å². The Morgan fingerprint density at radius 2 is 1.93 bits per heavy atom. The Morgan fingerprint density at radius 1 is 1.15 bits per heavy atom. The van der Waals surface area contributed by atoms with Gasteiger partial charge in [-0.15, -0.1) is 0 Å². The number of anilines is 1. The molecule has 2 amide bonds. The van der Waals surface area contributed by atoms with E-state index in [9.17, 15) is 13.6 Å². The molecule has 0 saturated carbocycles. The van der Waals surface area contributed by atoms with Crippen LogP contribution in [0.4, 0.5) is 19.4 Å². The second-order valence-corrected chi connectivity index (χ2v) is 10.3. The Morgan fingerprint density at radius 3 is 2.59 bits per heavy atom.